The maximum atomic E-state index is 12.6. The van der Waals surface area contributed by atoms with Crippen molar-refractivity contribution in [3.05, 3.63) is 47.8 Å². The van der Waals surface area contributed by atoms with Gasteiger partial charge in [0, 0.05) is 12.6 Å². The summed E-state index contributed by atoms with van der Waals surface area (Å²) in [4.78, 5) is 26.5. The van der Waals surface area contributed by atoms with Gasteiger partial charge in [-0.05, 0) is 18.4 Å². The minimum atomic E-state index is -0.269. The Balaban J connectivity index is 1.68. The molecule has 6 nitrogen and oxygen atoms in total. The van der Waals surface area contributed by atoms with Gasteiger partial charge in [-0.2, -0.15) is 8.75 Å². The highest BCUT2D eigenvalue weighted by atomic mass is 32.1. The molecule has 1 aromatic heterocycles. The molecule has 0 radical (unpaired) electrons. The molecular formula is C17H20N4O2S. The van der Waals surface area contributed by atoms with Gasteiger partial charge < -0.3 is 10.2 Å². The summed E-state index contributed by atoms with van der Waals surface area (Å²) in [7, 11) is 0. The van der Waals surface area contributed by atoms with Gasteiger partial charge in [0.25, 0.3) is 5.91 Å². The fourth-order valence-corrected chi connectivity index (χ4v) is 3.35. The van der Waals surface area contributed by atoms with E-state index in [1.807, 2.05) is 30.3 Å². The summed E-state index contributed by atoms with van der Waals surface area (Å²) in [6.07, 6.45) is 5.80. The molecule has 126 valence electrons. The monoisotopic (exact) mass is 344 g/mol. The molecule has 0 atom stereocenters. The Labute approximate surface area is 145 Å². The second kappa shape index (κ2) is 8.01. The summed E-state index contributed by atoms with van der Waals surface area (Å²) in [5.41, 5.74) is 1.26. The molecule has 7 heteroatoms. The third-order valence-corrected chi connectivity index (χ3v) is 4.62. The second-order valence-corrected chi connectivity index (χ2v) is 6.55. The Kier molecular flexibility index (Phi) is 5.53. The number of benzene rings is 1. The molecule has 0 aliphatic heterocycles. The standard InChI is InChI=1S/C17H20N4O2S/c22-16(19-14-8-4-5-9-14)12-21(11-13-6-2-1-3-7-13)17(23)15-10-18-24-20-15/h1-3,6-7,10,14H,4-5,8-9,11-12H2,(H,19,22). The summed E-state index contributed by atoms with van der Waals surface area (Å²) in [5.74, 6) is -0.386. The van der Waals surface area contributed by atoms with Crippen molar-refractivity contribution in [2.45, 2.75) is 38.3 Å². The average molecular weight is 344 g/mol. The molecule has 0 unspecified atom stereocenters. The lowest BCUT2D eigenvalue weighted by Crippen LogP contribution is -2.43. The number of nitrogens with zero attached hydrogens (tertiary/aromatic N) is 3. The minimum Gasteiger partial charge on any atom is -0.352 e. The van der Waals surface area contributed by atoms with E-state index in [2.05, 4.69) is 14.1 Å². The lowest BCUT2D eigenvalue weighted by atomic mass is 10.2. The maximum absolute atomic E-state index is 12.6. The Morgan fingerprint density at radius 1 is 1.21 bits per heavy atom. The van der Waals surface area contributed by atoms with E-state index in [1.165, 1.54) is 11.1 Å². The average Bonchev–Trinajstić information content (AvgIpc) is 3.28. The molecule has 1 heterocycles. The molecule has 0 bridgehead atoms. The van der Waals surface area contributed by atoms with Crippen LogP contribution in [0.25, 0.3) is 0 Å². The first-order valence-electron chi connectivity index (χ1n) is 8.12. The van der Waals surface area contributed by atoms with Crippen LogP contribution >= 0.6 is 11.7 Å². The molecule has 0 spiro atoms. The van der Waals surface area contributed by atoms with E-state index in [4.69, 9.17) is 0 Å². The van der Waals surface area contributed by atoms with Crippen molar-refractivity contribution in [3.63, 3.8) is 0 Å². The van der Waals surface area contributed by atoms with E-state index in [0.29, 0.717) is 6.54 Å². The topological polar surface area (TPSA) is 75.2 Å². The normalized spacial score (nSPS) is 14.5. The molecule has 1 aliphatic rings. The van der Waals surface area contributed by atoms with Gasteiger partial charge in [-0.25, -0.2) is 0 Å². The number of nitrogens with one attached hydrogen (secondary N) is 1. The molecule has 24 heavy (non-hydrogen) atoms. The van der Waals surface area contributed by atoms with Gasteiger partial charge in [-0.15, -0.1) is 0 Å². The van der Waals surface area contributed by atoms with E-state index < -0.39 is 0 Å². The van der Waals surface area contributed by atoms with E-state index in [0.717, 1.165) is 43.0 Å². The number of carbonyl (C=O) groups is 2. The Morgan fingerprint density at radius 3 is 2.62 bits per heavy atom. The largest absolute Gasteiger partial charge is 0.352 e. The number of amides is 2. The fourth-order valence-electron chi connectivity index (χ4n) is 2.94. The summed E-state index contributed by atoms with van der Waals surface area (Å²) >= 11 is 0.989. The minimum absolute atomic E-state index is 0.0295. The highest BCUT2D eigenvalue weighted by Gasteiger charge is 2.23. The molecule has 1 N–H and O–H groups in total. The van der Waals surface area contributed by atoms with Crippen molar-refractivity contribution in [1.82, 2.24) is 19.0 Å². The molecule has 1 aromatic carbocycles. The van der Waals surface area contributed by atoms with Crippen molar-refractivity contribution in [2.24, 2.45) is 0 Å². The predicted octanol–water partition coefficient (Wildman–Crippen LogP) is 2.24. The molecule has 1 aliphatic carbocycles. The fraction of sp³-hybridized carbons (Fsp3) is 0.412. The lowest BCUT2D eigenvalue weighted by Gasteiger charge is -2.22. The van der Waals surface area contributed by atoms with Gasteiger partial charge in [-0.1, -0.05) is 43.2 Å². The SMILES string of the molecule is O=C(CN(Cc1ccccc1)C(=O)c1cnsn1)NC1CCCC1. The molecule has 2 aromatic rings. The van der Waals surface area contributed by atoms with Crippen LogP contribution in [0.5, 0.6) is 0 Å². The molecular weight excluding hydrogens is 324 g/mol. The van der Waals surface area contributed by atoms with Crippen LogP contribution in [0.1, 0.15) is 41.7 Å². The van der Waals surface area contributed by atoms with Gasteiger partial charge in [-0.3, -0.25) is 9.59 Å². The first-order valence-corrected chi connectivity index (χ1v) is 8.85. The van der Waals surface area contributed by atoms with Crippen LogP contribution in [0.15, 0.2) is 36.5 Å². The highest BCUT2D eigenvalue weighted by Crippen LogP contribution is 2.17. The number of rotatable bonds is 6. The van der Waals surface area contributed by atoms with E-state index in [-0.39, 0.29) is 30.1 Å². The van der Waals surface area contributed by atoms with Crippen molar-refractivity contribution < 1.29 is 9.59 Å². The zero-order valence-electron chi connectivity index (χ0n) is 13.4. The predicted molar refractivity (Wildman–Crippen MR) is 91.5 cm³/mol. The zero-order chi connectivity index (χ0) is 16.8. The van der Waals surface area contributed by atoms with Gasteiger partial charge in [0.1, 0.15) is 6.54 Å². The molecule has 0 saturated heterocycles. The van der Waals surface area contributed by atoms with Crippen LogP contribution in [0.2, 0.25) is 0 Å². The smallest absolute Gasteiger partial charge is 0.276 e. The molecule has 1 saturated carbocycles. The number of hydrogen-bond acceptors (Lipinski definition) is 5. The third-order valence-electron chi connectivity index (χ3n) is 4.14. The Bertz CT molecular complexity index is 669. The van der Waals surface area contributed by atoms with Gasteiger partial charge in [0.05, 0.1) is 17.9 Å². The Hall–Kier alpha value is -2.28. The summed E-state index contributed by atoms with van der Waals surface area (Å²) in [6, 6.07) is 9.88. The van der Waals surface area contributed by atoms with Crippen molar-refractivity contribution in [2.75, 3.05) is 6.54 Å². The van der Waals surface area contributed by atoms with Crippen LogP contribution in [-0.2, 0) is 11.3 Å². The van der Waals surface area contributed by atoms with Crippen LogP contribution in [0, 0.1) is 0 Å². The summed E-state index contributed by atoms with van der Waals surface area (Å²) in [5, 5.41) is 3.03. The van der Waals surface area contributed by atoms with E-state index in [9.17, 15) is 9.59 Å². The van der Waals surface area contributed by atoms with Crippen LogP contribution in [0.3, 0.4) is 0 Å². The van der Waals surface area contributed by atoms with Crippen molar-refractivity contribution in [1.29, 1.82) is 0 Å². The highest BCUT2D eigenvalue weighted by molar-refractivity contribution is 6.99. The molecule has 1 fully saturated rings. The number of aromatic nitrogens is 2. The van der Waals surface area contributed by atoms with E-state index >= 15 is 0 Å². The first-order chi connectivity index (χ1) is 11.7. The maximum Gasteiger partial charge on any atom is 0.276 e. The first kappa shape index (κ1) is 16.6. The van der Waals surface area contributed by atoms with Crippen molar-refractivity contribution in [3.8, 4) is 0 Å². The second-order valence-electron chi connectivity index (χ2n) is 5.99. The van der Waals surface area contributed by atoms with Crippen LogP contribution in [-0.4, -0.2) is 38.0 Å². The summed E-state index contributed by atoms with van der Waals surface area (Å²) in [6.45, 7) is 0.400. The van der Waals surface area contributed by atoms with Crippen LogP contribution in [0.4, 0.5) is 0 Å². The van der Waals surface area contributed by atoms with Crippen LogP contribution < -0.4 is 5.32 Å². The lowest BCUT2D eigenvalue weighted by molar-refractivity contribution is -0.122. The van der Waals surface area contributed by atoms with E-state index in [1.54, 1.807) is 0 Å². The van der Waals surface area contributed by atoms with Gasteiger partial charge in [0.2, 0.25) is 5.91 Å². The van der Waals surface area contributed by atoms with Gasteiger partial charge >= 0.3 is 0 Å². The number of hydrogen-bond donors (Lipinski definition) is 1. The van der Waals surface area contributed by atoms with Crippen molar-refractivity contribution >= 4 is 23.5 Å². The molecule has 2 amide bonds. The molecule has 3 rings (SSSR count). The number of carbonyl (C=O) groups excluding carboxylic acids is 2. The van der Waals surface area contributed by atoms with Gasteiger partial charge in [0.15, 0.2) is 5.69 Å². The third kappa shape index (κ3) is 4.38. The Morgan fingerprint density at radius 2 is 1.96 bits per heavy atom. The zero-order valence-corrected chi connectivity index (χ0v) is 14.2. The summed E-state index contributed by atoms with van der Waals surface area (Å²) < 4.78 is 7.87. The quantitative estimate of drug-likeness (QED) is 0.872.